The highest BCUT2D eigenvalue weighted by Gasteiger charge is 2.59. The molecule has 3 aliphatic carbocycles. The molecule has 0 saturated heterocycles. The molecular weight excluding hydrogens is 384 g/mol. The van der Waals surface area contributed by atoms with E-state index < -0.39 is 29.6 Å². The number of allylic oxidation sites excluding steroid dienone is 1. The predicted molar refractivity (Wildman–Crippen MR) is 110 cm³/mol. The van der Waals surface area contributed by atoms with Crippen LogP contribution in [0.25, 0.3) is 0 Å². The summed E-state index contributed by atoms with van der Waals surface area (Å²) >= 11 is 0. The third-order valence-corrected chi connectivity index (χ3v) is 8.48. The first-order valence-electron chi connectivity index (χ1n) is 11.0. The zero-order valence-electron chi connectivity index (χ0n) is 18.5. The molecule has 0 radical (unpaired) electrons. The van der Waals surface area contributed by atoms with E-state index in [1.54, 1.807) is 0 Å². The lowest BCUT2D eigenvalue weighted by atomic mass is 9.49. The molecule has 30 heavy (non-hydrogen) atoms. The van der Waals surface area contributed by atoms with Crippen molar-refractivity contribution in [2.45, 2.75) is 78.4 Å². The fourth-order valence-corrected chi connectivity index (χ4v) is 6.76. The van der Waals surface area contributed by atoms with E-state index in [1.807, 2.05) is 6.92 Å². The van der Waals surface area contributed by atoms with Crippen molar-refractivity contribution in [2.24, 2.45) is 34.5 Å². The maximum Gasteiger partial charge on any atom is 0.303 e. The van der Waals surface area contributed by atoms with E-state index in [4.69, 9.17) is 9.47 Å². The van der Waals surface area contributed by atoms with E-state index in [-0.39, 0.29) is 29.1 Å². The summed E-state index contributed by atoms with van der Waals surface area (Å²) in [4.78, 5) is 47.8. The van der Waals surface area contributed by atoms with E-state index in [2.05, 4.69) is 13.5 Å². The van der Waals surface area contributed by atoms with Crippen molar-refractivity contribution in [3.05, 3.63) is 12.2 Å². The molecule has 0 aromatic rings. The molecule has 3 aliphatic rings. The average Bonchev–Trinajstić information content (AvgIpc) is 2.97. The highest BCUT2D eigenvalue weighted by atomic mass is 16.6. The minimum atomic E-state index is -0.649. The lowest BCUT2D eigenvalue weighted by molar-refractivity contribution is -0.185. The third kappa shape index (κ3) is 3.74. The number of fused-ring (bicyclic) bond motifs is 1. The van der Waals surface area contributed by atoms with Gasteiger partial charge in [0.05, 0.1) is 0 Å². The van der Waals surface area contributed by atoms with Gasteiger partial charge >= 0.3 is 11.9 Å². The Morgan fingerprint density at radius 3 is 2.20 bits per heavy atom. The summed E-state index contributed by atoms with van der Waals surface area (Å²) in [6, 6.07) is 0. The molecule has 8 atom stereocenters. The number of hydrogen-bond donors (Lipinski definition) is 0. The van der Waals surface area contributed by atoms with Gasteiger partial charge in [-0.05, 0) is 61.2 Å². The lowest BCUT2D eigenvalue weighted by Crippen LogP contribution is -2.55. The Bertz CT molecular complexity index is 744. The predicted octanol–water partition coefficient (Wildman–Crippen LogP) is 3.66. The van der Waals surface area contributed by atoms with Crippen LogP contribution in [0.5, 0.6) is 0 Å². The number of hydrogen-bond acceptors (Lipinski definition) is 6. The summed E-state index contributed by atoms with van der Waals surface area (Å²) in [6.07, 6.45) is 5.09. The second kappa shape index (κ2) is 8.27. The zero-order chi connectivity index (χ0) is 22.3. The standard InChI is InChI=1S/C24H34O6/c1-14-6-7-19-18(13-26)20(8-9-23(14,19)4)24(5)11-22(30-16(3)28)21(29-15(2)27)10-17(24)12-25/h12-13,17-22H,1,6-11H2,2-5H3/t17-,18-,19?,20?,21+,22-,23-,24+/m1/s1. The molecule has 0 N–H and O–H groups in total. The van der Waals surface area contributed by atoms with Crippen LogP contribution in [0.15, 0.2) is 12.2 Å². The molecule has 0 aromatic carbocycles. The fourth-order valence-electron chi connectivity index (χ4n) is 6.76. The Hall–Kier alpha value is -1.98. The first-order chi connectivity index (χ1) is 14.1. The number of carbonyl (C=O) groups excluding carboxylic acids is 4. The van der Waals surface area contributed by atoms with Crippen LogP contribution in [0.3, 0.4) is 0 Å². The van der Waals surface area contributed by atoms with Gasteiger partial charge in [0, 0.05) is 25.7 Å². The van der Waals surface area contributed by atoms with Crippen molar-refractivity contribution in [1.29, 1.82) is 0 Å². The molecule has 6 nitrogen and oxygen atoms in total. The topological polar surface area (TPSA) is 86.7 Å². The van der Waals surface area contributed by atoms with Crippen LogP contribution >= 0.6 is 0 Å². The van der Waals surface area contributed by atoms with Gasteiger partial charge in [-0.15, -0.1) is 0 Å². The number of ether oxygens (including phenoxy) is 2. The normalized spacial score (nSPS) is 43.4. The molecule has 0 aromatic heterocycles. The molecule has 0 heterocycles. The van der Waals surface area contributed by atoms with Crippen LogP contribution < -0.4 is 0 Å². The van der Waals surface area contributed by atoms with Crippen molar-refractivity contribution in [3.63, 3.8) is 0 Å². The van der Waals surface area contributed by atoms with Crippen LogP contribution in [0, 0.1) is 34.5 Å². The second-order valence-electron chi connectivity index (χ2n) is 10.0. The van der Waals surface area contributed by atoms with Gasteiger partial charge < -0.3 is 19.1 Å². The van der Waals surface area contributed by atoms with Gasteiger partial charge in [-0.1, -0.05) is 26.0 Å². The molecule has 0 amide bonds. The van der Waals surface area contributed by atoms with Crippen molar-refractivity contribution >= 4 is 24.5 Å². The first kappa shape index (κ1) is 22.7. The summed E-state index contributed by atoms with van der Waals surface area (Å²) in [5.41, 5.74) is 0.681. The van der Waals surface area contributed by atoms with E-state index in [0.717, 1.165) is 38.3 Å². The largest absolute Gasteiger partial charge is 0.459 e. The molecule has 166 valence electrons. The SMILES string of the molecule is C=C1CCC2[C@@H](C=O)C([C@@]3(C)C[C@@H](OC(C)=O)[C@@H](OC(C)=O)C[C@@H]3C=O)CC[C@]12C. The molecule has 2 unspecified atom stereocenters. The Morgan fingerprint density at radius 1 is 1.00 bits per heavy atom. The number of aldehydes is 2. The summed E-state index contributed by atoms with van der Waals surface area (Å²) in [5.74, 6) is -1.23. The van der Waals surface area contributed by atoms with Gasteiger partial charge in [0.25, 0.3) is 0 Å². The van der Waals surface area contributed by atoms with Crippen LogP contribution in [0.1, 0.15) is 66.2 Å². The minimum Gasteiger partial charge on any atom is -0.459 e. The highest BCUT2D eigenvalue weighted by Crippen LogP contribution is 2.63. The molecule has 0 bridgehead atoms. The Balaban J connectivity index is 1.94. The van der Waals surface area contributed by atoms with Gasteiger partial charge in [0.1, 0.15) is 24.8 Å². The minimum absolute atomic E-state index is 0.00510. The van der Waals surface area contributed by atoms with E-state index >= 15 is 0 Å². The summed E-state index contributed by atoms with van der Waals surface area (Å²) < 4.78 is 11.0. The van der Waals surface area contributed by atoms with Crippen LogP contribution in [-0.4, -0.2) is 36.7 Å². The van der Waals surface area contributed by atoms with Crippen LogP contribution in [0.2, 0.25) is 0 Å². The smallest absolute Gasteiger partial charge is 0.303 e. The Kier molecular flexibility index (Phi) is 6.26. The van der Waals surface area contributed by atoms with Gasteiger partial charge in [-0.3, -0.25) is 9.59 Å². The monoisotopic (exact) mass is 418 g/mol. The van der Waals surface area contributed by atoms with Crippen molar-refractivity contribution < 1.29 is 28.7 Å². The quantitative estimate of drug-likeness (QED) is 0.385. The summed E-state index contributed by atoms with van der Waals surface area (Å²) in [5, 5.41) is 0. The fraction of sp³-hybridized carbons (Fsp3) is 0.750. The lowest BCUT2D eigenvalue weighted by Gasteiger charge is -2.55. The first-order valence-corrected chi connectivity index (χ1v) is 11.0. The molecule has 3 fully saturated rings. The van der Waals surface area contributed by atoms with Gasteiger partial charge in [0.2, 0.25) is 0 Å². The third-order valence-electron chi connectivity index (χ3n) is 8.48. The van der Waals surface area contributed by atoms with E-state index in [9.17, 15) is 19.2 Å². The highest BCUT2D eigenvalue weighted by molar-refractivity contribution is 5.68. The number of esters is 2. The van der Waals surface area contributed by atoms with Crippen molar-refractivity contribution in [1.82, 2.24) is 0 Å². The van der Waals surface area contributed by atoms with Gasteiger partial charge in [0.15, 0.2) is 0 Å². The van der Waals surface area contributed by atoms with Gasteiger partial charge in [-0.25, -0.2) is 0 Å². The summed E-state index contributed by atoms with van der Waals surface area (Å²) in [7, 11) is 0. The molecular formula is C24H34O6. The summed E-state index contributed by atoms with van der Waals surface area (Å²) in [6.45, 7) is 11.2. The zero-order valence-corrected chi connectivity index (χ0v) is 18.5. The average molecular weight is 419 g/mol. The molecule has 3 saturated carbocycles. The van der Waals surface area contributed by atoms with Crippen LogP contribution in [0.4, 0.5) is 0 Å². The Morgan fingerprint density at radius 2 is 1.63 bits per heavy atom. The Labute approximate surface area is 178 Å². The molecule has 3 rings (SSSR count). The molecule has 0 aliphatic heterocycles. The molecule has 0 spiro atoms. The van der Waals surface area contributed by atoms with Gasteiger partial charge in [-0.2, -0.15) is 0 Å². The van der Waals surface area contributed by atoms with Crippen molar-refractivity contribution in [3.8, 4) is 0 Å². The number of carbonyl (C=O) groups is 4. The maximum atomic E-state index is 12.3. The van der Waals surface area contributed by atoms with E-state index in [1.165, 1.54) is 19.4 Å². The second-order valence-corrected chi connectivity index (χ2v) is 10.0. The van der Waals surface area contributed by atoms with Crippen LogP contribution in [-0.2, 0) is 28.7 Å². The number of rotatable bonds is 5. The molecule has 6 heteroatoms. The van der Waals surface area contributed by atoms with Crippen molar-refractivity contribution in [2.75, 3.05) is 0 Å². The van der Waals surface area contributed by atoms with E-state index in [0.29, 0.717) is 12.8 Å². The maximum absolute atomic E-state index is 12.3.